The maximum atomic E-state index is 12.5. The highest BCUT2D eigenvalue weighted by atomic mass is 16.5. The molecular weight excluding hydrogens is 390 g/mol. The summed E-state index contributed by atoms with van der Waals surface area (Å²) in [6.07, 6.45) is 0.837. The average Bonchev–Trinajstić information content (AvgIpc) is 3.32. The maximum Gasteiger partial charge on any atom is 0.292 e. The molecule has 0 spiro atoms. The van der Waals surface area contributed by atoms with E-state index in [9.17, 15) is 9.59 Å². The number of nitrogens with two attached hydrogens (primary N) is 1. The number of carbonyl (C=O) groups is 2. The Morgan fingerprint density at radius 2 is 1.80 bits per heavy atom. The van der Waals surface area contributed by atoms with E-state index in [-0.39, 0.29) is 0 Å². The van der Waals surface area contributed by atoms with Crippen LogP contribution in [0.25, 0.3) is 10.9 Å². The second-order valence-electron chi connectivity index (χ2n) is 7.28. The highest BCUT2D eigenvalue weighted by Gasteiger charge is 2.34. The number of aromatic nitrogens is 2. The molecule has 30 heavy (non-hydrogen) atoms. The number of ether oxygens (including phenoxy) is 3. The summed E-state index contributed by atoms with van der Waals surface area (Å²) in [6.45, 7) is 2.36. The topological polar surface area (TPSA) is 120 Å². The predicted octanol–water partition coefficient (Wildman–Crippen LogP) is 0.626. The Morgan fingerprint density at radius 1 is 1.10 bits per heavy atom. The second-order valence-corrected chi connectivity index (χ2v) is 7.28. The van der Waals surface area contributed by atoms with Gasteiger partial charge in [-0.15, -0.1) is 0 Å². The molecule has 2 fully saturated rings. The quantitative estimate of drug-likeness (QED) is 0.701. The third kappa shape index (κ3) is 3.70. The molecule has 0 radical (unpaired) electrons. The molecule has 0 aliphatic carbocycles. The average molecular weight is 415 g/mol. The summed E-state index contributed by atoms with van der Waals surface area (Å²) in [5.74, 6) is 0.992. The number of nitrogens with zero attached hydrogens (tertiary/aromatic N) is 4. The van der Waals surface area contributed by atoms with E-state index in [1.807, 2.05) is 4.90 Å². The van der Waals surface area contributed by atoms with Crippen LogP contribution in [0.4, 0.5) is 11.8 Å². The van der Waals surface area contributed by atoms with Crippen LogP contribution >= 0.6 is 0 Å². The van der Waals surface area contributed by atoms with Gasteiger partial charge in [0.2, 0.25) is 11.7 Å². The maximum absolute atomic E-state index is 12.5. The van der Waals surface area contributed by atoms with Gasteiger partial charge < -0.3 is 29.7 Å². The Kier molecular flexibility index (Phi) is 5.58. The first-order valence-corrected chi connectivity index (χ1v) is 9.90. The number of amides is 1. The van der Waals surface area contributed by atoms with Crippen LogP contribution in [0.1, 0.15) is 12.8 Å². The van der Waals surface area contributed by atoms with Crippen molar-refractivity contribution in [1.29, 1.82) is 0 Å². The fourth-order valence-corrected chi connectivity index (χ4v) is 3.80. The van der Waals surface area contributed by atoms with E-state index >= 15 is 0 Å². The minimum Gasteiger partial charge on any atom is -0.493 e. The number of methoxy groups -OCH3 is 2. The number of carbonyl (C=O) groups excluding carboxylic acids is 2. The number of benzene rings is 1. The molecule has 2 saturated heterocycles. The van der Waals surface area contributed by atoms with Crippen LogP contribution in [0.2, 0.25) is 0 Å². The van der Waals surface area contributed by atoms with E-state index in [0.29, 0.717) is 73.4 Å². The van der Waals surface area contributed by atoms with Crippen molar-refractivity contribution < 1.29 is 23.8 Å². The molecule has 1 aromatic carbocycles. The largest absolute Gasteiger partial charge is 0.493 e. The third-order valence-electron chi connectivity index (χ3n) is 5.50. The lowest BCUT2D eigenvalue weighted by atomic mass is 10.1. The number of piperazine rings is 1. The lowest BCUT2D eigenvalue weighted by Crippen LogP contribution is -2.52. The molecule has 3 heterocycles. The van der Waals surface area contributed by atoms with Gasteiger partial charge in [0.1, 0.15) is 11.9 Å². The zero-order valence-corrected chi connectivity index (χ0v) is 17.1. The first-order valence-electron chi connectivity index (χ1n) is 9.90. The van der Waals surface area contributed by atoms with Crippen molar-refractivity contribution in [2.75, 3.05) is 57.6 Å². The smallest absolute Gasteiger partial charge is 0.292 e. The lowest BCUT2D eigenvalue weighted by Gasteiger charge is -2.34. The van der Waals surface area contributed by atoms with E-state index in [1.54, 1.807) is 31.3 Å². The molecule has 4 rings (SSSR count). The normalized spacial score (nSPS) is 19.2. The zero-order valence-electron chi connectivity index (χ0n) is 17.1. The summed E-state index contributed by atoms with van der Waals surface area (Å²) in [4.78, 5) is 37.4. The molecule has 10 heteroatoms. The number of nitrogen functional groups attached to an aromatic ring is 1. The molecule has 1 atom stereocenters. The number of anilines is 2. The van der Waals surface area contributed by atoms with Crippen LogP contribution < -0.4 is 20.1 Å². The van der Waals surface area contributed by atoms with Crippen molar-refractivity contribution in [3.8, 4) is 11.5 Å². The first kappa shape index (κ1) is 20.1. The van der Waals surface area contributed by atoms with Gasteiger partial charge in [0, 0.05) is 44.2 Å². The molecular formula is C20H25N5O5. The van der Waals surface area contributed by atoms with Crippen molar-refractivity contribution in [3.63, 3.8) is 0 Å². The molecule has 2 aliphatic heterocycles. The van der Waals surface area contributed by atoms with E-state index in [1.165, 1.54) is 0 Å². The second kappa shape index (κ2) is 8.31. The van der Waals surface area contributed by atoms with E-state index < -0.39 is 17.8 Å². The highest BCUT2D eigenvalue weighted by molar-refractivity contribution is 6.37. The number of Topliss-reactive ketones (excluding diaryl/α,β-unsaturated/α-hetero) is 1. The van der Waals surface area contributed by atoms with Crippen LogP contribution in [-0.4, -0.2) is 79.7 Å². The number of hydrogen-bond donors (Lipinski definition) is 1. The van der Waals surface area contributed by atoms with Gasteiger partial charge in [-0.25, -0.2) is 4.98 Å². The molecule has 2 aromatic rings. The van der Waals surface area contributed by atoms with Gasteiger partial charge in [-0.05, 0) is 18.9 Å². The van der Waals surface area contributed by atoms with Crippen LogP contribution in [0.15, 0.2) is 12.1 Å². The Hall–Kier alpha value is -3.14. The van der Waals surface area contributed by atoms with Crippen LogP contribution in [-0.2, 0) is 14.3 Å². The van der Waals surface area contributed by atoms with Gasteiger partial charge in [-0.2, -0.15) is 4.98 Å². The fourth-order valence-electron chi connectivity index (χ4n) is 3.80. The van der Waals surface area contributed by atoms with Crippen molar-refractivity contribution in [1.82, 2.24) is 14.9 Å². The van der Waals surface area contributed by atoms with Crippen molar-refractivity contribution >= 4 is 34.4 Å². The Bertz CT molecular complexity index is 968. The monoisotopic (exact) mass is 415 g/mol. The van der Waals surface area contributed by atoms with Gasteiger partial charge in [0.05, 0.1) is 19.7 Å². The Labute approximate surface area is 173 Å². The third-order valence-corrected chi connectivity index (χ3v) is 5.50. The van der Waals surface area contributed by atoms with Gasteiger partial charge >= 0.3 is 0 Å². The highest BCUT2D eigenvalue weighted by Crippen LogP contribution is 2.34. The van der Waals surface area contributed by atoms with Crippen molar-refractivity contribution in [2.45, 2.75) is 18.9 Å². The van der Waals surface area contributed by atoms with Gasteiger partial charge in [0.25, 0.3) is 5.91 Å². The van der Waals surface area contributed by atoms with Crippen LogP contribution in [0.3, 0.4) is 0 Å². The van der Waals surface area contributed by atoms with E-state index in [2.05, 4.69) is 9.97 Å². The summed E-state index contributed by atoms with van der Waals surface area (Å²) in [6, 6.07) is 3.51. The number of fused-ring (bicyclic) bond motifs is 1. The molecule has 0 bridgehead atoms. The number of ketones is 1. The molecule has 2 N–H and O–H groups in total. The lowest BCUT2D eigenvalue weighted by molar-refractivity contribution is -0.149. The van der Waals surface area contributed by atoms with E-state index in [0.717, 1.165) is 6.42 Å². The zero-order chi connectivity index (χ0) is 21.3. The molecule has 0 saturated carbocycles. The first-order chi connectivity index (χ1) is 14.5. The van der Waals surface area contributed by atoms with Crippen molar-refractivity contribution in [3.05, 3.63) is 12.1 Å². The van der Waals surface area contributed by atoms with E-state index in [4.69, 9.17) is 19.9 Å². The summed E-state index contributed by atoms with van der Waals surface area (Å²) in [5.41, 5.74) is 6.81. The van der Waals surface area contributed by atoms with Crippen molar-refractivity contribution in [2.24, 2.45) is 0 Å². The SMILES string of the molecule is COc1cc2nc(N3CCN(C(=O)C(=O)C4CCCO4)CC3)nc(N)c2cc1OC. The van der Waals surface area contributed by atoms with Gasteiger partial charge in [0.15, 0.2) is 11.5 Å². The summed E-state index contributed by atoms with van der Waals surface area (Å²) in [7, 11) is 3.11. The molecule has 1 amide bonds. The molecule has 1 unspecified atom stereocenters. The summed E-state index contributed by atoms with van der Waals surface area (Å²) >= 11 is 0. The molecule has 10 nitrogen and oxygen atoms in total. The molecule has 160 valence electrons. The summed E-state index contributed by atoms with van der Waals surface area (Å²) < 4.78 is 16.0. The fraction of sp³-hybridized carbons (Fsp3) is 0.500. The van der Waals surface area contributed by atoms with Crippen LogP contribution in [0.5, 0.6) is 11.5 Å². The number of hydrogen-bond acceptors (Lipinski definition) is 9. The molecule has 2 aliphatic rings. The van der Waals surface area contributed by atoms with Gasteiger partial charge in [-0.1, -0.05) is 0 Å². The Balaban J connectivity index is 1.49. The predicted molar refractivity (Wildman–Crippen MR) is 110 cm³/mol. The summed E-state index contributed by atoms with van der Waals surface area (Å²) in [5, 5.41) is 0.673. The molecule has 1 aromatic heterocycles. The Morgan fingerprint density at radius 3 is 2.43 bits per heavy atom. The minimum atomic E-state index is -0.592. The minimum absolute atomic E-state index is 0.336. The number of rotatable bonds is 5. The standard InChI is InChI=1S/C20H25N5O5/c1-28-15-10-12-13(11-16(15)29-2)22-20(23-18(12)21)25-7-5-24(6-8-25)19(27)17(26)14-4-3-9-30-14/h10-11,14H,3-9H2,1-2H3,(H2,21,22,23). The van der Waals surface area contributed by atoms with Crippen LogP contribution in [0, 0.1) is 0 Å². The van der Waals surface area contributed by atoms with Gasteiger partial charge in [-0.3, -0.25) is 9.59 Å².